The van der Waals surface area contributed by atoms with E-state index in [9.17, 15) is 4.39 Å². The zero-order valence-electron chi connectivity index (χ0n) is 11.5. The Morgan fingerprint density at radius 2 is 1.68 bits per heavy atom. The van der Waals surface area contributed by atoms with E-state index in [0.29, 0.717) is 17.3 Å². The van der Waals surface area contributed by atoms with E-state index in [-0.39, 0.29) is 5.82 Å². The van der Waals surface area contributed by atoms with Crippen LogP contribution in [-0.4, -0.2) is 7.05 Å². The Labute approximate surface area is 113 Å². The number of nitrogens with zero attached hydrogens (tertiary/aromatic N) is 1. The predicted molar refractivity (Wildman–Crippen MR) is 79.4 cm³/mol. The number of para-hydroxylation sites is 1. The molecule has 0 saturated heterocycles. The predicted octanol–water partition coefficient (Wildman–Crippen LogP) is 4.30. The maximum absolute atomic E-state index is 13.9. The van der Waals surface area contributed by atoms with Crippen LogP contribution in [0.15, 0.2) is 42.5 Å². The highest BCUT2D eigenvalue weighted by Gasteiger charge is 2.12. The van der Waals surface area contributed by atoms with Crippen LogP contribution in [0.1, 0.15) is 25.3 Å². The molecular weight excluding hydrogens is 239 g/mol. The third-order valence-electron chi connectivity index (χ3n) is 3.30. The number of halogens is 1. The fourth-order valence-corrected chi connectivity index (χ4v) is 2.10. The van der Waals surface area contributed by atoms with Gasteiger partial charge in [-0.05, 0) is 35.7 Å². The van der Waals surface area contributed by atoms with Crippen LogP contribution in [0.5, 0.6) is 0 Å². The van der Waals surface area contributed by atoms with E-state index in [4.69, 9.17) is 5.73 Å². The first kappa shape index (κ1) is 13.4. The lowest BCUT2D eigenvalue weighted by molar-refractivity contribution is 0.628. The summed E-state index contributed by atoms with van der Waals surface area (Å²) in [5.74, 6) is 0.174. The first-order chi connectivity index (χ1) is 9.00. The Morgan fingerprint density at radius 1 is 1.05 bits per heavy atom. The van der Waals surface area contributed by atoms with Crippen LogP contribution in [-0.2, 0) is 0 Å². The fourth-order valence-electron chi connectivity index (χ4n) is 2.10. The highest BCUT2D eigenvalue weighted by Crippen LogP contribution is 2.32. The van der Waals surface area contributed by atoms with Gasteiger partial charge in [-0.3, -0.25) is 0 Å². The number of benzene rings is 2. The summed E-state index contributed by atoms with van der Waals surface area (Å²) in [5.41, 5.74) is 8.89. The summed E-state index contributed by atoms with van der Waals surface area (Å²) in [5, 5.41) is 0. The summed E-state index contributed by atoms with van der Waals surface area (Å²) in [6.45, 7) is 4.29. The summed E-state index contributed by atoms with van der Waals surface area (Å²) in [4.78, 5) is 1.77. The van der Waals surface area contributed by atoms with Crippen LogP contribution >= 0.6 is 0 Å². The van der Waals surface area contributed by atoms with Crippen molar-refractivity contribution >= 4 is 17.1 Å². The van der Waals surface area contributed by atoms with E-state index in [1.54, 1.807) is 17.0 Å². The highest BCUT2D eigenvalue weighted by molar-refractivity contribution is 5.74. The molecule has 0 unspecified atom stereocenters. The maximum Gasteiger partial charge on any atom is 0.148 e. The number of nitrogens with two attached hydrogens (primary N) is 1. The van der Waals surface area contributed by atoms with Gasteiger partial charge in [-0.25, -0.2) is 4.39 Å². The van der Waals surface area contributed by atoms with Crippen molar-refractivity contribution in [1.29, 1.82) is 0 Å². The van der Waals surface area contributed by atoms with E-state index < -0.39 is 0 Å². The molecule has 0 aliphatic heterocycles. The standard InChI is InChI=1S/C16H19FN2/c1-11(2)12-7-9-13(10-8-12)19(3)16-14(17)5-4-6-15(16)18/h4-11H,18H2,1-3H3. The lowest BCUT2D eigenvalue weighted by atomic mass is 10.0. The summed E-state index contributed by atoms with van der Waals surface area (Å²) in [6.07, 6.45) is 0. The third kappa shape index (κ3) is 2.70. The lowest BCUT2D eigenvalue weighted by Gasteiger charge is -2.22. The molecule has 2 aromatic rings. The average molecular weight is 258 g/mol. The Kier molecular flexibility index (Phi) is 3.74. The second-order valence-corrected chi connectivity index (χ2v) is 4.98. The largest absolute Gasteiger partial charge is 0.397 e. The molecule has 0 aliphatic carbocycles. The van der Waals surface area contributed by atoms with E-state index in [2.05, 4.69) is 26.0 Å². The Balaban J connectivity index is 2.36. The first-order valence-corrected chi connectivity index (χ1v) is 6.38. The van der Waals surface area contributed by atoms with E-state index in [0.717, 1.165) is 5.69 Å². The van der Waals surface area contributed by atoms with Gasteiger partial charge in [0, 0.05) is 12.7 Å². The van der Waals surface area contributed by atoms with Crippen LogP contribution in [0.25, 0.3) is 0 Å². The molecule has 0 bridgehead atoms. The fraction of sp³-hybridized carbons (Fsp3) is 0.250. The van der Waals surface area contributed by atoms with Gasteiger partial charge in [-0.1, -0.05) is 32.0 Å². The summed E-state index contributed by atoms with van der Waals surface area (Å²) in [6, 6.07) is 12.8. The molecule has 2 nitrogen and oxygen atoms in total. The molecule has 0 saturated carbocycles. The van der Waals surface area contributed by atoms with Gasteiger partial charge in [-0.2, -0.15) is 0 Å². The molecule has 0 atom stereocenters. The Bertz CT molecular complexity index is 541. The van der Waals surface area contributed by atoms with Gasteiger partial charge in [0.15, 0.2) is 0 Å². The van der Waals surface area contributed by atoms with Gasteiger partial charge in [-0.15, -0.1) is 0 Å². The molecule has 0 radical (unpaired) electrons. The van der Waals surface area contributed by atoms with E-state index in [1.165, 1.54) is 11.6 Å². The van der Waals surface area contributed by atoms with Gasteiger partial charge in [0.1, 0.15) is 11.5 Å². The Morgan fingerprint density at radius 3 is 2.21 bits per heavy atom. The first-order valence-electron chi connectivity index (χ1n) is 6.38. The highest BCUT2D eigenvalue weighted by atomic mass is 19.1. The molecule has 19 heavy (non-hydrogen) atoms. The third-order valence-corrected chi connectivity index (χ3v) is 3.30. The van der Waals surface area contributed by atoms with Crippen molar-refractivity contribution in [2.24, 2.45) is 0 Å². The number of hydrogen-bond donors (Lipinski definition) is 1. The van der Waals surface area contributed by atoms with Crippen molar-refractivity contribution in [1.82, 2.24) is 0 Å². The van der Waals surface area contributed by atoms with Crippen molar-refractivity contribution in [2.45, 2.75) is 19.8 Å². The van der Waals surface area contributed by atoms with Crippen LogP contribution in [0.4, 0.5) is 21.5 Å². The van der Waals surface area contributed by atoms with Crippen molar-refractivity contribution in [2.75, 3.05) is 17.7 Å². The number of nitrogen functional groups attached to an aromatic ring is 1. The lowest BCUT2D eigenvalue weighted by Crippen LogP contribution is -2.13. The van der Waals surface area contributed by atoms with Gasteiger partial charge in [0.05, 0.1) is 5.69 Å². The van der Waals surface area contributed by atoms with Gasteiger partial charge in [0.2, 0.25) is 0 Å². The zero-order valence-corrected chi connectivity index (χ0v) is 11.5. The van der Waals surface area contributed by atoms with Crippen molar-refractivity contribution < 1.29 is 4.39 Å². The monoisotopic (exact) mass is 258 g/mol. The van der Waals surface area contributed by atoms with Crippen LogP contribution < -0.4 is 10.6 Å². The normalized spacial score (nSPS) is 10.8. The average Bonchev–Trinajstić information content (AvgIpc) is 2.38. The van der Waals surface area contributed by atoms with Crippen LogP contribution in [0.3, 0.4) is 0 Å². The van der Waals surface area contributed by atoms with Crippen molar-refractivity contribution in [3.05, 3.63) is 53.8 Å². The van der Waals surface area contributed by atoms with Crippen molar-refractivity contribution in [3.8, 4) is 0 Å². The molecule has 0 aliphatic rings. The molecule has 0 fully saturated rings. The molecule has 2 N–H and O–H groups in total. The molecular formula is C16H19FN2. The summed E-state index contributed by atoms with van der Waals surface area (Å²) >= 11 is 0. The summed E-state index contributed by atoms with van der Waals surface area (Å²) in [7, 11) is 1.82. The molecule has 100 valence electrons. The smallest absolute Gasteiger partial charge is 0.148 e. The second-order valence-electron chi connectivity index (χ2n) is 4.98. The molecule has 2 rings (SSSR count). The van der Waals surface area contributed by atoms with Crippen molar-refractivity contribution in [3.63, 3.8) is 0 Å². The SMILES string of the molecule is CC(C)c1ccc(N(C)c2c(N)cccc2F)cc1. The van der Waals surface area contributed by atoms with E-state index >= 15 is 0 Å². The minimum Gasteiger partial charge on any atom is -0.397 e. The molecule has 2 aromatic carbocycles. The second kappa shape index (κ2) is 5.31. The molecule has 0 spiro atoms. The Hall–Kier alpha value is -2.03. The quantitative estimate of drug-likeness (QED) is 0.832. The maximum atomic E-state index is 13.9. The molecule has 3 heteroatoms. The van der Waals surface area contributed by atoms with Crippen LogP contribution in [0, 0.1) is 5.82 Å². The molecule has 0 aromatic heterocycles. The zero-order chi connectivity index (χ0) is 14.0. The molecule has 0 amide bonds. The summed E-state index contributed by atoms with van der Waals surface area (Å²) < 4.78 is 13.9. The topological polar surface area (TPSA) is 29.3 Å². The molecule has 0 heterocycles. The minimum atomic E-state index is -0.310. The number of anilines is 3. The van der Waals surface area contributed by atoms with Gasteiger partial charge < -0.3 is 10.6 Å². The number of hydrogen-bond acceptors (Lipinski definition) is 2. The minimum absolute atomic E-state index is 0.310. The van der Waals surface area contributed by atoms with Gasteiger partial charge in [0.25, 0.3) is 0 Å². The van der Waals surface area contributed by atoms with Gasteiger partial charge >= 0.3 is 0 Å². The number of rotatable bonds is 3. The van der Waals surface area contributed by atoms with E-state index in [1.807, 2.05) is 19.2 Å². The van der Waals surface area contributed by atoms with Crippen LogP contribution in [0.2, 0.25) is 0 Å².